The number of ether oxygens (including phenoxy) is 1. The normalized spacial score (nSPS) is 10.8. The van der Waals surface area contributed by atoms with E-state index in [0.717, 1.165) is 0 Å². The number of hydrogen-bond acceptors (Lipinski definition) is 3. The second-order valence-corrected chi connectivity index (χ2v) is 3.52. The largest absolute Gasteiger partial charge is 0.494 e. The Morgan fingerprint density at radius 3 is 2.89 bits per heavy atom. The molecule has 0 saturated heterocycles. The summed E-state index contributed by atoms with van der Waals surface area (Å²) in [5.41, 5.74) is 0.108. The zero-order valence-electron chi connectivity index (χ0n) is 9.68. The highest BCUT2D eigenvalue weighted by molar-refractivity contribution is 5.67. The monoisotopic (exact) mass is 246 g/mol. The smallest absolute Gasteiger partial charge is 0.251 e. The molecule has 0 aliphatic carbocycles. The van der Waals surface area contributed by atoms with Crippen LogP contribution in [0.1, 0.15) is 11.4 Å². The van der Waals surface area contributed by atoms with Crippen LogP contribution in [0.25, 0.3) is 12.2 Å². The average molecular weight is 246 g/mol. The molecule has 0 unspecified atom stereocenters. The average Bonchev–Trinajstić information content (AvgIpc) is 2.38. The number of aromatic amines is 1. The molecule has 0 radical (unpaired) electrons. The highest BCUT2D eigenvalue weighted by Gasteiger charge is 2.05. The predicted octanol–water partition coefficient (Wildman–Crippen LogP) is 2.09. The van der Waals surface area contributed by atoms with Crippen LogP contribution in [-0.2, 0) is 0 Å². The summed E-state index contributed by atoms with van der Waals surface area (Å²) < 4.78 is 18.7. The van der Waals surface area contributed by atoms with E-state index in [1.54, 1.807) is 12.1 Å². The van der Waals surface area contributed by atoms with Gasteiger partial charge in [-0.25, -0.2) is 9.37 Å². The summed E-state index contributed by atoms with van der Waals surface area (Å²) in [7, 11) is 1.40. The lowest BCUT2D eigenvalue weighted by molar-refractivity contribution is 0.386. The number of benzene rings is 1. The molecule has 4 nitrogen and oxygen atoms in total. The molecule has 0 aliphatic heterocycles. The van der Waals surface area contributed by atoms with Crippen LogP contribution in [0.15, 0.2) is 35.3 Å². The lowest BCUT2D eigenvalue weighted by Crippen LogP contribution is -2.05. The predicted molar refractivity (Wildman–Crippen MR) is 66.7 cm³/mol. The van der Waals surface area contributed by atoms with Crippen molar-refractivity contribution in [2.24, 2.45) is 0 Å². The first-order chi connectivity index (χ1) is 8.70. The number of nitrogens with one attached hydrogen (secondary N) is 1. The Morgan fingerprint density at radius 2 is 2.17 bits per heavy atom. The lowest BCUT2D eigenvalue weighted by atomic mass is 10.2. The molecule has 1 heterocycles. The SMILES string of the molecule is COc1cccc(C=Cc2nccc(=O)[nH]2)c1F. The van der Waals surface area contributed by atoms with E-state index in [-0.39, 0.29) is 11.3 Å². The summed E-state index contributed by atoms with van der Waals surface area (Å²) in [6.45, 7) is 0. The Hall–Kier alpha value is -2.43. The van der Waals surface area contributed by atoms with Crippen molar-refractivity contribution in [1.29, 1.82) is 0 Å². The van der Waals surface area contributed by atoms with Gasteiger partial charge in [-0.15, -0.1) is 0 Å². The molecule has 92 valence electrons. The van der Waals surface area contributed by atoms with E-state index in [2.05, 4.69) is 9.97 Å². The Morgan fingerprint density at radius 1 is 1.33 bits per heavy atom. The van der Waals surface area contributed by atoms with E-state index in [9.17, 15) is 9.18 Å². The molecule has 1 N–H and O–H groups in total. The van der Waals surface area contributed by atoms with Gasteiger partial charge in [0.05, 0.1) is 7.11 Å². The van der Waals surface area contributed by atoms with Crippen molar-refractivity contribution in [3.8, 4) is 5.75 Å². The number of nitrogens with zero attached hydrogens (tertiary/aromatic N) is 1. The van der Waals surface area contributed by atoms with Crippen molar-refractivity contribution in [3.05, 3.63) is 58.0 Å². The summed E-state index contributed by atoms with van der Waals surface area (Å²) in [5.74, 6) is 0.0888. The molecule has 1 aromatic carbocycles. The van der Waals surface area contributed by atoms with Crippen LogP contribution in [0.5, 0.6) is 5.75 Å². The molecular formula is C13H11FN2O2. The summed E-state index contributed by atoms with van der Waals surface area (Å²) in [5, 5.41) is 0. The Balaban J connectivity index is 2.32. The molecule has 0 spiro atoms. The maximum absolute atomic E-state index is 13.8. The molecular weight excluding hydrogens is 235 g/mol. The van der Waals surface area contributed by atoms with E-state index in [0.29, 0.717) is 11.4 Å². The molecule has 0 fully saturated rings. The second-order valence-electron chi connectivity index (χ2n) is 3.52. The number of halogens is 1. The molecule has 0 bridgehead atoms. The number of hydrogen-bond donors (Lipinski definition) is 1. The molecule has 0 aliphatic rings. The Labute approximate surface area is 103 Å². The van der Waals surface area contributed by atoms with Crippen molar-refractivity contribution in [2.45, 2.75) is 0 Å². The fraction of sp³-hybridized carbons (Fsp3) is 0.0769. The zero-order chi connectivity index (χ0) is 13.0. The van der Waals surface area contributed by atoms with Crippen molar-refractivity contribution in [2.75, 3.05) is 7.11 Å². The van der Waals surface area contributed by atoms with Gasteiger partial charge in [-0.2, -0.15) is 0 Å². The molecule has 0 amide bonds. The first-order valence-corrected chi connectivity index (χ1v) is 5.26. The summed E-state index contributed by atoms with van der Waals surface area (Å²) in [6.07, 6.45) is 4.44. The van der Waals surface area contributed by atoms with Crippen molar-refractivity contribution in [1.82, 2.24) is 9.97 Å². The van der Waals surface area contributed by atoms with Gasteiger partial charge in [-0.05, 0) is 18.2 Å². The minimum atomic E-state index is -0.450. The summed E-state index contributed by atoms with van der Waals surface area (Å²) in [4.78, 5) is 17.5. The maximum Gasteiger partial charge on any atom is 0.251 e. The highest BCUT2D eigenvalue weighted by atomic mass is 19.1. The molecule has 1 aromatic heterocycles. The summed E-state index contributed by atoms with van der Waals surface area (Å²) >= 11 is 0. The van der Waals surface area contributed by atoms with E-state index < -0.39 is 5.82 Å². The van der Waals surface area contributed by atoms with Gasteiger partial charge in [0, 0.05) is 17.8 Å². The van der Waals surface area contributed by atoms with Crippen molar-refractivity contribution in [3.63, 3.8) is 0 Å². The third-order valence-corrected chi connectivity index (χ3v) is 2.32. The molecule has 0 saturated carbocycles. The standard InChI is InChI=1S/C13H11FN2O2/c1-18-10-4-2-3-9(13(10)14)5-6-11-15-8-7-12(17)16-11/h2-8H,1H3,(H,15,16,17). The molecule has 5 heteroatoms. The van der Waals surface area contributed by atoms with Crippen LogP contribution >= 0.6 is 0 Å². The molecule has 0 atom stereocenters. The van der Waals surface area contributed by atoms with Crippen LogP contribution in [0, 0.1) is 5.82 Å². The third-order valence-electron chi connectivity index (χ3n) is 2.32. The number of aromatic nitrogens is 2. The molecule has 2 rings (SSSR count). The van der Waals surface area contributed by atoms with E-state index in [4.69, 9.17) is 4.74 Å². The van der Waals surface area contributed by atoms with Crippen molar-refractivity contribution < 1.29 is 9.13 Å². The quantitative estimate of drug-likeness (QED) is 0.902. The van der Waals surface area contributed by atoms with Crippen LogP contribution in [-0.4, -0.2) is 17.1 Å². The second kappa shape index (κ2) is 5.27. The van der Waals surface area contributed by atoms with Gasteiger partial charge < -0.3 is 9.72 Å². The number of methoxy groups -OCH3 is 1. The van der Waals surface area contributed by atoms with Gasteiger partial charge in [0.1, 0.15) is 5.82 Å². The minimum Gasteiger partial charge on any atom is -0.494 e. The first-order valence-electron chi connectivity index (χ1n) is 5.26. The van der Waals surface area contributed by atoms with Gasteiger partial charge in [0.2, 0.25) is 0 Å². The zero-order valence-corrected chi connectivity index (χ0v) is 9.68. The van der Waals surface area contributed by atoms with Gasteiger partial charge >= 0.3 is 0 Å². The summed E-state index contributed by atoms with van der Waals surface area (Å²) in [6, 6.07) is 6.14. The van der Waals surface area contributed by atoms with Crippen molar-refractivity contribution >= 4 is 12.2 Å². The van der Waals surface area contributed by atoms with Gasteiger partial charge in [0.15, 0.2) is 11.6 Å². The Bertz CT molecular complexity index is 635. The van der Waals surface area contributed by atoms with Crippen LogP contribution in [0.3, 0.4) is 0 Å². The fourth-order valence-corrected chi connectivity index (χ4v) is 1.45. The number of H-pyrrole nitrogens is 1. The van der Waals surface area contributed by atoms with Gasteiger partial charge in [-0.3, -0.25) is 4.79 Å². The van der Waals surface area contributed by atoms with Crippen LogP contribution in [0.2, 0.25) is 0 Å². The Kier molecular flexibility index (Phi) is 3.52. The number of rotatable bonds is 3. The van der Waals surface area contributed by atoms with Crippen LogP contribution < -0.4 is 10.3 Å². The third kappa shape index (κ3) is 2.63. The van der Waals surface area contributed by atoms with Crippen LogP contribution in [0.4, 0.5) is 4.39 Å². The topological polar surface area (TPSA) is 55.0 Å². The van der Waals surface area contributed by atoms with E-state index in [1.807, 2.05) is 0 Å². The molecule has 2 aromatic rings. The fourth-order valence-electron chi connectivity index (χ4n) is 1.45. The van der Waals surface area contributed by atoms with Gasteiger partial charge in [0.25, 0.3) is 5.56 Å². The minimum absolute atomic E-state index is 0.173. The lowest BCUT2D eigenvalue weighted by Gasteiger charge is -2.03. The van der Waals surface area contributed by atoms with Gasteiger partial charge in [-0.1, -0.05) is 12.1 Å². The first kappa shape index (κ1) is 12.0. The molecule has 18 heavy (non-hydrogen) atoms. The highest BCUT2D eigenvalue weighted by Crippen LogP contribution is 2.21. The van der Waals surface area contributed by atoms with E-state index >= 15 is 0 Å². The maximum atomic E-state index is 13.8. The van der Waals surface area contributed by atoms with E-state index in [1.165, 1.54) is 37.6 Å².